The molecule has 2 aromatic carbocycles. The minimum absolute atomic E-state index is 0.0324. The fourth-order valence-corrected chi connectivity index (χ4v) is 5.18. The van der Waals surface area contributed by atoms with E-state index in [1.54, 1.807) is 11.8 Å². The summed E-state index contributed by atoms with van der Waals surface area (Å²) in [6.07, 6.45) is 4.67. The second-order valence-corrected chi connectivity index (χ2v) is 9.13. The van der Waals surface area contributed by atoms with Crippen molar-refractivity contribution in [1.82, 2.24) is 14.8 Å². The summed E-state index contributed by atoms with van der Waals surface area (Å²) in [6.45, 7) is 4.61. The van der Waals surface area contributed by atoms with Crippen molar-refractivity contribution in [3.05, 3.63) is 71.5 Å². The zero-order chi connectivity index (χ0) is 21.6. The minimum atomic E-state index is -0.0324. The third-order valence-electron chi connectivity index (χ3n) is 5.85. The molecule has 0 radical (unpaired) electrons. The molecule has 4 rings (SSSR count). The zero-order valence-electron chi connectivity index (χ0n) is 18.2. The third-order valence-corrected chi connectivity index (χ3v) is 7.12. The molecule has 1 aliphatic rings. The molecule has 0 unspecified atom stereocenters. The van der Waals surface area contributed by atoms with Gasteiger partial charge in [-0.25, -0.2) is 0 Å². The van der Waals surface area contributed by atoms with Crippen LogP contribution in [0.2, 0.25) is 0 Å². The molecule has 1 heterocycles. The highest BCUT2D eigenvalue weighted by atomic mass is 32.2. The SMILES string of the molecule is CCc1ccc(OCc2nnc(S[C@@H]3CCCCC3=O)n2[C@@H](C)c2ccccc2)cc1. The topological polar surface area (TPSA) is 57.0 Å². The Morgan fingerprint density at radius 1 is 1.10 bits per heavy atom. The summed E-state index contributed by atoms with van der Waals surface area (Å²) in [5.41, 5.74) is 2.46. The lowest BCUT2D eigenvalue weighted by Gasteiger charge is -2.22. The molecule has 31 heavy (non-hydrogen) atoms. The summed E-state index contributed by atoms with van der Waals surface area (Å²) >= 11 is 1.55. The van der Waals surface area contributed by atoms with Gasteiger partial charge in [0.1, 0.15) is 18.1 Å². The molecule has 1 aliphatic carbocycles. The van der Waals surface area contributed by atoms with Crippen LogP contribution in [-0.2, 0) is 17.8 Å². The van der Waals surface area contributed by atoms with Gasteiger partial charge in [0.15, 0.2) is 11.0 Å². The molecule has 1 aromatic heterocycles. The summed E-state index contributed by atoms with van der Waals surface area (Å²) < 4.78 is 8.17. The normalized spacial score (nSPS) is 17.5. The largest absolute Gasteiger partial charge is 0.486 e. The van der Waals surface area contributed by atoms with Gasteiger partial charge in [-0.05, 0) is 49.4 Å². The number of carbonyl (C=O) groups is 1. The van der Waals surface area contributed by atoms with Crippen LogP contribution >= 0.6 is 11.8 Å². The second-order valence-electron chi connectivity index (χ2n) is 7.96. The molecule has 2 atom stereocenters. The van der Waals surface area contributed by atoms with Gasteiger partial charge in [-0.1, -0.05) is 67.6 Å². The van der Waals surface area contributed by atoms with Gasteiger partial charge >= 0.3 is 0 Å². The lowest BCUT2D eigenvalue weighted by molar-refractivity contribution is -0.119. The third kappa shape index (κ3) is 5.18. The first kappa shape index (κ1) is 21.6. The number of ketones is 1. The van der Waals surface area contributed by atoms with Crippen molar-refractivity contribution in [2.45, 2.75) is 69.0 Å². The summed E-state index contributed by atoms with van der Waals surface area (Å²) in [4.78, 5) is 12.4. The summed E-state index contributed by atoms with van der Waals surface area (Å²) in [7, 11) is 0. The van der Waals surface area contributed by atoms with Crippen LogP contribution in [0.3, 0.4) is 0 Å². The first-order valence-corrected chi connectivity index (χ1v) is 11.9. The number of thioether (sulfide) groups is 1. The van der Waals surface area contributed by atoms with Crippen LogP contribution in [0.25, 0.3) is 0 Å². The molecule has 1 fully saturated rings. The Morgan fingerprint density at radius 3 is 2.58 bits per heavy atom. The average molecular weight is 436 g/mol. The Morgan fingerprint density at radius 2 is 1.87 bits per heavy atom. The lowest BCUT2D eigenvalue weighted by Crippen LogP contribution is -2.22. The first-order valence-electron chi connectivity index (χ1n) is 11.1. The Hall–Kier alpha value is -2.60. The van der Waals surface area contributed by atoms with Gasteiger partial charge in [-0.2, -0.15) is 0 Å². The van der Waals surface area contributed by atoms with Gasteiger partial charge < -0.3 is 4.74 Å². The predicted octanol–water partition coefficient (Wildman–Crippen LogP) is 5.63. The maximum absolute atomic E-state index is 12.4. The van der Waals surface area contributed by atoms with E-state index in [0.29, 0.717) is 18.8 Å². The van der Waals surface area contributed by atoms with E-state index in [1.807, 2.05) is 30.3 Å². The molecule has 0 spiro atoms. The second kappa shape index (κ2) is 10.1. The maximum atomic E-state index is 12.4. The number of carbonyl (C=O) groups excluding carboxylic acids is 1. The summed E-state index contributed by atoms with van der Waals surface area (Å²) in [5.74, 6) is 1.91. The standard InChI is InChI=1S/C25H29N3O2S/c1-3-19-13-15-21(16-14-19)30-17-24-26-27-25(31-23-12-8-7-11-22(23)29)28(24)18(2)20-9-5-4-6-10-20/h4-6,9-10,13-16,18,23H,3,7-8,11-12,17H2,1-2H3/t18-,23+/m0/s1. The number of ether oxygens (including phenoxy) is 1. The molecule has 162 valence electrons. The van der Waals surface area contributed by atoms with E-state index in [0.717, 1.165) is 42.4 Å². The fraction of sp³-hybridized carbons (Fsp3) is 0.400. The van der Waals surface area contributed by atoms with Crippen LogP contribution < -0.4 is 4.74 Å². The number of aromatic nitrogens is 3. The number of hydrogen-bond acceptors (Lipinski definition) is 5. The highest BCUT2D eigenvalue weighted by Crippen LogP contribution is 2.34. The molecular formula is C25H29N3O2S. The minimum Gasteiger partial charge on any atom is -0.486 e. The van der Waals surface area contributed by atoms with Crippen molar-refractivity contribution in [3.63, 3.8) is 0 Å². The average Bonchev–Trinajstić information content (AvgIpc) is 3.22. The van der Waals surface area contributed by atoms with E-state index in [2.05, 4.69) is 52.9 Å². The van der Waals surface area contributed by atoms with Gasteiger partial charge in [0.2, 0.25) is 0 Å². The van der Waals surface area contributed by atoms with Crippen molar-refractivity contribution < 1.29 is 9.53 Å². The van der Waals surface area contributed by atoms with Crippen molar-refractivity contribution >= 4 is 17.5 Å². The molecule has 3 aromatic rings. The molecule has 0 bridgehead atoms. The van der Waals surface area contributed by atoms with E-state index in [1.165, 1.54) is 11.1 Å². The molecule has 0 saturated heterocycles. The maximum Gasteiger partial charge on any atom is 0.192 e. The van der Waals surface area contributed by atoms with Gasteiger partial charge in [0, 0.05) is 6.42 Å². The number of nitrogens with zero attached hydrogens (tertiary/aromatic N) is 3. The first-order chi connectivity index (χ1) is 15.2. The predicted molar refractivity (Wildman–Crippen MR) is 124 cm³/mol. The van der Waals surface area contributed by atoms with E-state index in [9.17, 15) is 4.79 Å². The van der Waals surface area contributed by atoms with Gasteiger partial charge in [-0.3, -0.25) is 9.36 Å². The van der Waals surface area contributed by atoms with E-state index < -0.39 is 0 Å². The highest BCUT2D eigenvalue weighted by molar-refractivity contribution is 8.00. The van der Waals surface area contributed by atoms with Crippen molar-refractivity contribution in [1.29, 1.82) is 0 Å². The number of hydrogen-bond donors (Lipinski definition) is 0. The molecule has 6 heteroatoms. The van der Waals surface area contributed by atoms with Gasteiger partial charge in [0.05, 0.1) is 11.3 Å². The Balaban J connectivity index is 1.59. The Kier molecular flexibility index (Phi) is 7.07. The van der Waals surface area contributed by atoms with Crippen LogP contribution in [0, 0.1) is 0 Å². The monoisotopic (exact) mass is 435 g/mol. The van der Waals surface area contributed by atoms with Crippen molar-refractivity contribution in [3.8, 4) is 5.75 Å². The van der Waals surface area contributed by atoms with E-state index in [4.69, 9.17) is 4.74 Å². The van der Waals surface area contributed by atoms with Crippen molar-refractivity contribution in [2.24, 2.45) is 0 Å². The highest BCUT2D eigenvalue weighted by Gasteiger charge is 2.28. The van der Waals surface area contributed by atoms with Crippen molar-refractivity contribution in [2.75, 3.05) is 0 Å². The van der Waals surface area contributed by atoms with Crippen LogP contribution in [0.15, 0.2) is 59.8 Å². The van der Waals surface area contributed by atoms with E-state index in [-0.39, 0.29) is 11.3 Å². The smallest absolute Gasteiger partial charge is 0.192 e. The molecule has 5 nitrogen and oxygen atoms in total. The number of benzene rings is 2. The van der Waals surface area contributed by atoms with Crippen LogP contribution in [0.1, 0.15) is 62.5 Å². The quantitative estimate of drug-likeness (QED) is 0.459. The molecule has 0 amide bonds. The molecule has 0 N–H and O–H groups in total. The number of Topliss-reactive ketones (excluding diaryl/α,β-unsaturated/α-hetero) is 1. The summed E-state index contributed by atoms with van der Waals surface area (Å²) in [6, 6.07) is 18.5. The number of aryl methyl sites for hydroxylation is 1. The number of rotatable bonds is 8. The fourth-order valence-electron chi connectivity index (χ4n) is 3.93. The Labute approximate surface area is 188 Å². The molecule has 1 saturated carbocycles. The van der Waals surface area contributed by atoms with Gasteiger partial charge in [-0.15, -0.1) is 10.2 Å². The zero-order valence-corrected chi connectivity index (χ0v) is 19.0. The van der Waals surface area contributed by atoms with Crippen LogP contribution in [0.4, 0.5) is 0 Å². The molecule has 0 aliphatic heterocycles. The Bertz CT molecular complexity index is 1000. The van der Waals surface area contributed by atoms with Crippen LogP contribution in [-0.4, -0.2) is 25.8 Å². The molecular weight excluding hydrogens is 406 g/mol. The van der Waals surface area contributed by atoms with Gasteiger partial charge in [0.25, 0.3) is 0 Å². The van der Waals surface area contributed by atoms with Crippen LogP contribution in [0.5, 0.6) is 5.75 Å². The lowest BCUT2D eigenvalue weighted by atomic mass is 9.99. The summed E-state index contributed by atoms with van der Waals surface area (Å²) in [5, 5.41) is 9.69. The van der Waals surface area contributed by atoms with E-state index >= 15 is 0 Å².